The summed E-state index contributed by atoms with van der Waals surface area (Å²) >= 11 is 0. The van der Waals surface area contributed by atoms with Crippen LogP contribution in [-0.4, -0.2) is 35.4 Å². The lowest BCUT2D eigenvalue weighted by Crippen LogP contribution is -2.42. The van der Waals surface area contributed by atoms with Crippen LogP contribution >= 0.6 is 0 Å². The van der Waals surface area contributed by atoms with Crippen molar-refractivity contribution in [3.63, 3.8) is 0 Å². The standard InChI is InChI=1S/C19H21N4O2S/c1-13-4-6-16(7-5-13)26(24,25)23-9-8-17-18(20-12-21-19(17)23)22(3)15-10-14(2)11-15/h4-9,12,14-15H,2,10-11H2,1,3H3/t14-,15+. The van der Waals surface area contributed by atoms with Gasteiger partial charge in [0.15, 0.2) is 5.65 Å². The predicted molar refractivity (Wildman–Crippen MR) is 102 cm³/mol. The summed E-state index contributed by atoms with van der Waals surface area (Å²) in [5.74, 6) is 1.23. The molecular formula is C19H21N4O2S. The Balaban J connectivity index is 1.78. The van der Waals surface area contributed by atoms with Crippen LogP contribution in [0.25, 0.3) is 11.0 Å². The average molecular weight is 369 g/mol. The minimum absolute atomic E-state index is 0.244. The Morgan fingerprint density at radius 1 is 1.15 bits per heavy atom. The van der Waals surface area contributed by atoms with Gasteiger partial charge < -0.3 is 4.90 Å². The van der Waals surface area contributed by atoms with Crippen molar-refractivity contribution in [2.75, 3.05) is 11.9 Å². The van der Waals surface area contributed by atoms with E-state index in [2.05, 4.69) is 21.8 Å². The van der Waals surface area contributed by atoms with Gasteiger partial charge in [0, 0.05) is 19.3 Å². The van der Waals surface area contributed by atoms with E-state index in [9.17, 15) is 8.42 Å². The molecule has 3 aromatic rings. The monoisotopic (exact) mass is 369 g/mol. The molecule has 0 N–H and O–H groups in total. The second-order valence-electron chi connectivity index (χ2n) is 6.97. The summed E-state index contributed by atoms with van der Waals surface area (Å²) in [6, 6.07) is 8.97. The lowest BCUT2D eigenvalue weighted by molar-refractivity contribution is 0.310. The van der Waals surface area contributed by atoms with Gasteiger partial charge in [-0.1, -0.05) is 24.6 Å². The van der Waals surface area contributed by atoms with Crippen LogP contribution in [0.2, 0.25) is 0 Å². The van der Waals surface area contributed by atoms with Crippen molar-refractivity contribution in [1.29, 1.82) is 0 Å². The molecular weight excluding hydrogens is 348 g/mol. The first-order chi connectivity index (χ1) is 12.4. The van der Waals surface area contributed by atoms with E-state index in [1.807, 2.05) is 14.0 Å². The molecule has 1 aliphatic carbocycles. The Bertz CT molecular complexity index is 1050. The van der Waals surface area contributed by atoms with Crippen LogP contribution in [0.15, 0.2) is 47.8 Å². The zero-order valence-corrected chi connectivity index (χ0v) is 15.6. The maximum absolute atomic E-state index is 13.0. The van der Waals surface area contributed by atoms with E-state index >= 15 is 0 Å². The summed E-state index contributed by atoms with van der Waals surface area (Å²) in [4.78, 5) is 11.0. The fourth-order valence-electron chi connectivity index (χ4n) is 3.40. The summed E-state index contributed by atoms with van der Waals surface area (Å²) < 4.78 is 27.3. The SMILES string of the molecule is [CH2][C@H]1C[C@@H](N(C)c2ncnc3c2ccn3S(=O)(=O)c2ccc(C)cc2)C1. The number of anilines is 1. The first-order valence-corrected chi connectivity index (χ1v) is 10.0. The number of benzene rings is 1. The van der Waals surface area contributed by atoms with Gasteiger partial charge >= 0.3 is 0 Å². The Labute approximate surface area is 153 Å². The number of hydrogen-bond acceptors (Lipinski definition) is 5. The third-order valence-electron chi connectivity index (χ3n) is 5.10. The number of nitrogens with zero attached hydrogens (tertiary/aromatic N) is 4. The van der Waals surface area contributed by atoms with Crippen LogP contribution in [0, 0.1) is 19.8 Å². The number of aromatic nitrogens is 3. The molecule has 1 fully saturated rings. The Morgan fingerprint density at radius 2 is 1.85 bits per heavy atom. The number of hydrogen-bond donors (Lipinski definition) is 0. The second kappa shape index (κ2) is 6.09. The molecule has 0 atom stereocenters. The highest BCUT2D eigenvalue weighted by Gasteiger charge is 2.31. The normalized spacial score (nSPS) is 20.1. The predicted octanol–water partition coefficient (Wildman–Crippen LogP) is 3.03. The Kier molecular flexibility index (Phi) is 3.99. The number of rotatable bonds is 4. The molecule has 0 saturated heterocycles. The van der Waals surface area contributed by atoms with Crippen LogP contribution in [-0.2, 0) is 10.0 Å². The summed E-state index contributed by atoms with van der Waals surface area (Å²) in [6.07, 6.45) is 5.02. The molecule has 1 saturated carbocycles. The zero-order valence-electron chi connectivity index (χ0n) is 14.8. The summed E-state index contributed by atoms with van der Waals surface area (Å²) in [5.41, 5.74) is 1.41. The minimum atomic E-state index is -3.70. The Morgan fingerprint density at radius 3 is 2.50 bits per heavy atom. The molecule has 6 nitrogen and oxygen atoms in total. The minimum Gasteiger partial charge on any atom is -0.356 e. The molecule has 0 unspecified atom stereocenters. The molecule has 7 heteroatoms. The van der Waals surface area contributed by atoms with Crippen molar-refractivity contribution in [3.05, 3.63) is 55.3 Å². The third kappa shape index (κ3) is 2.67. The first-order valence-electron chi connectivity index (χ1n) is 8.58. The molecule has 0 bridgehead atoms. The fourth-order valence-corrected chi connectivity index (χ4v) is 4.70. The second-order valence-corrected chi connectivity index (χ2v) is 8.78. The van der Waals surface area contributed by atoms with Gasteiger partial charge in [0.2, 0.25) is 0 Å². The lowest BCUT2D eigenvalue weighted by atomic mass is 9.81. The molecule has 26 heavy (non-hydrogen) atoms. The van der Waals surface area contributed by atoms with Crippen LogP contribution in [0.4, 0.5) is 5.82 Å². The van der Waals surface area contributed by atoms with Crippen molar-refractivity contribution in [3.8, 4) is 0 Å². The average Bonchev–Trinajstić information content (AvgIpc) is 3.03. The molecule has 0 aliphatic heterocycles. The molecule has 0 spiro atoms. The lowest BCUT2D eigenvalue weighted by Gasteiger charge is -2.40. The molecule has 2 heterocycles. The van der Waals surface area contributed by atoms with Crippen molar-refractivity contribution in [2.45, 2.75) is 30.7 Å². The van der Waals surface area contributed by atoms with Crippen molar-refractivity contribution in [2.24, 2.45) is 5.92 Å². The summed E-state index contributed by atoms with van der Waals surface area (Å²) in [6.45, 7) is 5.99. The molecule has 4 rings (SSSR count). The maximum atomic E-state index is 13.0. The third-order valence-corrected chi connectivity index (χ3v) is 6.78. The van der Waals surface area contributed by atoms with Crippen molar-refractivity contribution in [1.82, 2.24) is 13.9 Å². The van der Waals surface area contributed by atoms with Gasteiger partial charge in [-0.3, -0.25) is 0 Å². The highest BCUT2D eigenvalue weighted by molar-refractivity contribution is 7.90. The van der Waals surface area contributed by atoms with Crippen molar-refractivity contribution < 1.29 is 8.42 Å². The molecule has 1 radical (unpaired) electrons. The van der Waals surface area contributed by atoms with Crippen molar-refractivity contribution >= 4 is 26.9 Å². The smallest absolute Gasteiger partial charge is 0.269 e. The van der Waals surface area contributed by atoms with Gasteiger partial charge in [-0.2, -0.15) is 0 Å². The van der Waals surface area contributed by atoms with E-state index < -0.39 is 10.0 Å². The maximum Gasteiger partial charge on any atom is 0.269 e. The van der Waals surface area contributed by atoms with Crippen LogP contribution in [0.1, 0.15) is 18.4 Å². The van der Waals surface area contributed by atoms with Gasteiger partial charge in [-0.05, 0) is 43.9 Å². The van der Waals surface area contributed by atoms with E-state index in [4.69, 9.17) is 0 Å². The zero-order chi connectivity index (χ0) is 18.5. The topological polar surface area (TPSA) is 68.1 Å². The first kappa shape index (κ1) is 17.0. The van der Waals surface area contributed by atoms with Crippen LogP contribution in [0.5, 0.6) is 0 Å². The fraction of sp³-hybridized carbons (Fsp3) is 0.316. The summed E-state index contributed by atoms with van der Waals surface area (Å²) in [5, 5.41) is 0.734. The molecule has 0 amide bonds. The van der Waals surface area contributed by atoms with Crippen LogP contribution in [0.3, 0.4) is 0 Å². The highest BCUT2D eigenvalue weighted by atomic mass is 32.2. The molecule has 2 aromatic heterocycles. The van der Waals surface area contributed by atoms with Gasteiger partial charge in [0.1, 0.15) is 12.1 Å². The number of aryl methyl sites for hydroxylation is 1. The molecule has 135 valence electrons. The number of fused-ring (bicyclic) bond motifs is 1. The summed E-state index contributed by atoms with van der Waals surface area (Å²) in [7, 11) is -1.71. The van der Waals surface area contributed by atoms with E-state index in [0.717, 1.165) is 29.6 Å². The molecule has 1 aromatic carbocycles. The van der Waals surface area contributed by atoms with E-state index in [-0.39, 0.29) is 4.90 Å². The van der Waals surface area contributed by atoms with Gasteiger partial charge in [-0.15, -0.1) is 0 Å². The van der Waals surface area contributed by atoms with E-state index in [1.165, 1.54) is 10.3 Å². The van der Waals surface area contributed by atoms with Gasteiger partial charge in [0.25, 0.3) is 10.0 Å². The van der Waals surface area contributed by atoms with Gasteiger partial charge in [0.05, 0.1) is 10.3 Å². The largest absolute Gasteiger partial charge is 0.356 e. The van der Waals surface area contributed by atoms with Gasteiger partial charge in [-0.25, -0.2) is 22.4 Å². The van der Waals surface area contributed by atoms with E-state index in [1.54, 1.807) is 36.5 Å². The quantitative estimate of drug-likeness (QED) is 0.707. The molecule has 1 aliphatic rings. The van der Waals surface area contributed by atoms with E-state index in [0.29, 0.717) is 17.6 Å². The Hall–Kier alpha value is -2.41. The van der Waals surface area contributed by atoms with Crippen LogP contribution < -0.4 is 4.90 Å². The highest BCUT2D eigenvalue weighted by Crippen LogP contribution is 2.35.